The van der Waals surface area contributed by atoms with Crippen molar-refractivity contribution in [2.75, 3.05) is 14.1 Å². The third kappa shape index (κ3) is 1.77. The fraction of sp³-hybridized carbons (Fsp3) is 0.250. The van der Waals surface area contributed by atoms with E-state index in [1.165, 1.54) is 12.1 Å². The predicted octanol–water partition coefficient (Wildman–Crippen LogP) is 2.01. The monoisotopic (exact) mass is 205 g/mol. The van der Waals surface area contributed by atoms with Gasteiger partial charge in [-0.3, -0.25) is 4.79 Å². The summed E-state index contributed by atoms with van der Waals surface area (Å²) in [5, 5.41) is 0. The van der Waals surface area contributed by atoms with Crippen LogP contribution in [0.3, 0.4) is 0 Å². The van der Waals surface area contributed by atoms with Crippen molar-refractivity contribution < 1.29 is 9.18 Å². The molecule has 0 saturated heterocycles. The highest BCUT2D eigenvalue weighted by Crippen LogP contribution is 2.26. The molecule has 0 N–H and O–H groups in total. The molecule has 0 radical (unpaired) electrons. The minimum atomic E-state index is -0.285. The molecule has 0 spiro atoms. The Morgan fingerprint density at radius 1 is 1.40 bits per heavy atom. The Kier molecular flexibility index (Phi) is 2.31. The highest BCUT2D eigenvalue weighted by molar-refractivity contribution is 6.13. The first-order valence-corrected chi connectivity index (χ1v) is 4.78. The predicted molar refractivity (Wildman–Crippen MR) is 56.2 cm³/mol. The van der Waals surface area contributed by atoms with Crippen molar-refractivity contribution in [2.24, 2.45) is 0 Å². The molecule has 1 aliphatic carbocycles. The quantitative estimate of drug-likeness (QED) is 0.654. The van der Waals surface area contributed by atoms with Crippen molar-refractivity contribution in [3.63, 3.8) is 0 Å². The first-order valence-electron chi connectivity index (χ1n) is 4.78. The van der Waals surface area contributed by atoms with Crippen LogP contribution in [0.2, 0.25) is 0 Å². The van der Waals surface area contributed by atoms with Crippen LogP contribution in [0.5, 0.6) is 0 Å². The summed E-state index contributed by atoms with van der Waals surface area (Å²) in [7, 11) is 3.73. The normalized spacial score (nSPS) is 17.0. The van der Waals surface area contributed by atoms with Gasteiger partial charge in [0.05, 0.1) is 0 Å². The second kappa shape index (κ2) is 3.50. The first-order chi connectivity index (χ1) is 7.08. The first kappa shape index (κ1) is 9.90. The largest absolute Gasteiger partial charge is 0.383 e. The Morgan fingerprint density at radius 3 is 2.80 bits per heavy atom. The van der Waals surface area contributed by atoms with Gasteiger partial charge >= 0.3 is 0 Å². The third-order valence-corrected chi connectivity index (χ3v) is 2.40. The zero-order valence-corrected chi connectivity index (χ0v) is 8.75. The second-order valence-electron chi connectivity index (χ2n) is 3.93. The number of Topliss-reactive ketones (excluding diaryl/α,β-unsaturated/α-hetero) is 1. The topological polar surface area (TPSA) is 20.3 Å². The van der Waals surface area contributed by atoms with Gasteiger partial charge in [-0.15, -0.1) is 0 Å². The van der Waals surface area contributed by atoms with Crippen molar-refractivity contribution >= 4 is 5.78 Å². The fourth-order valence-corrected chi connectivity index (χ4v) is 1.80. The Morgan fingerprint density at radius 2 is 2.13 bits per heavy atom. The third-order valence-electron chi connectivity index (χ3n) is 2.40. The maximum absolute atomic E-state index is 12.9. The van der Waals surface area contributed by atoms with Gasteiger partial charge in [0.25, 0.3) is 0 Å². The molecule has 78 valence electrons. The molecule has 0 bridgehead atoms. The van der Waals surface area contributed by atoms with E-state index in [4.69, 9.17) is 0 Å². The van der Waals surface area contributed by atoms with Crippen molar-refractivity contribution in [1.29, 1.82) is 0 Å². The van der Waals surface area contributed by atoms with Crippen LogP contribution in [-0.4, -0.2) is 24.8 Å². The molecule has 0 fully saturated rings. The van der Waals surface area contributed by atoms with Gasteiger partial charge in [-0.2, -0.15) is 0 Å². The van der Waals surface area contributed by atoms with E-state index >= 15 is 0 Å². The molecule has 15 heavy (non-hydrogen) atoms. The molecule has 0 aliphatic heterocycles. The Balaban J connectivity index is 2.41. The molecule has 0 heterocycles. The number of hydrogen-bond acceptors (Lipinski definition) is 2. The molecule has 0 saturated carbocycles. The van der Waals surface area contributed by atoms with Crippen LogP contribution in [0.4, 0.5) is 4.39 Å². The number of carbonyl (C=O) groups excluding carboxylic acids is 1. The highest BCUT2D eigenvalue weighted by Gasteiger charge is 2.24. The van der Waals surface area contributed by atoms with Gasteiger partial charge in [-0.25, -0.2) is 4.39 Å². The number of carbonyl (C=O) groups is 1. The maximum atomic E-state index is 12.9. The summed E-state index contributed by atoms with van der Waals surface area (Å²) in [6.07, 6.45) is 2.32. The second-order valence-corrected chi connectivity index (χ2v) is 3.93. The Hall–Kier alpha value is -1.64. The highest BCUT2D eigenvalue weighted by atomic mass is 19.1. The fourth-order valence-electron chi connectivity index (χ4n) is 1.80. The molecular formula is C12H12FNO. The van der Waals surface area contributed by atoms with Crippen LogP contribution in [-0.2, 0) is 6.42 Å². The average Bonchev–Trinajstić information content (AvgIpc) is 2.42. The molecule has 0 unspecified atom stereocenters. The summed E-state index contributed by atoms with van der Waals surface area (Å²) in [6.45, 7) is 0. The minimum Gasteiger partial charge on any atom is -0.383 e. The molecular weight excluding hydrogens is 193 g/mol. The van der Waals surface area contributed by atoms with Crippen molar-refractivity contribution in [1.82, 2.24) is 4.90 Å². The van der Waals surface area contributed by atoms with Crippen molar-refractivity contribution in [2.45, 2.75) is 6.42 Å². The molecule has 1 aromatic rings. The molecule has 1 aliphatic rings. The maximum Gasteiger partial charge on any atom is 0.191 e. The van der Waals surface area contributed by atoms with Crippen LogP contribution in [0.15, 0.2) is 30.0 Å². The van der Waals surface area contributed by atoms with Gasteiger partial charge in [-0.05, 0) is 23.8 Å². The molecule has 0 amide bonds. The average molecular weight is 205 g/mol. The van der Waals surface area contributed by atoms with Crippen LogP contribution in [0.1, 0.15) is 15.9 Å². The molecule has 0 atom stereocenters. The van der Waals surface area contributed by atoms with Crippen LogP contribution in [0, 0.1) is 5.82 Å². The van der Waals surface area contributed by atoms with Crippen molar-refractivity contribution in [3.8, 4) is 0 Å². The van der Waals surface area contributed by atoms with Gasteiger partial charge in [0.2, 0.25) is 0 Å². The summed E-state index contributed by atoms with van der Waals surface area (Å²) in [5.74, 6) is -0.272. The Labute approximate surface area is 88.0 Å². The van der Waals surface area contributed by atoms with E-state index < -0.39 is 0 Å². The van der Waals surface area contributed by atoms with E-state index in [0.717, 1.165) is 11.1 Å². The number of benzene rings is 1. The van der Waals surface area contributed by atoms with Crippen LogP contribution < -0.4 is 0 Å². The summed E-state index contributed by atoms with van der Waals surface area (Å²) < 4.78 is 12.9. The molecule has 3 heteroatoms. The zero-order chi connectivity index (χ0) is 11.0. The minimum absolute atomic E-state index is 0.0127. The number of ketones is 1. The summed E-state index contributed by atoms with van der Waals surface area (Å²) >= 11 is 0. The van der Waals surface area contributed by atoms with Gasteiger partial charge in [0.15, 0.2) is 5.78 Å². The smallest absolute Gasteiger partial charge is 0.191 e. The van der Waals surface area contributed by atoms with Crippen molar-refractivity contribution in [3.05, 3.63) is 46.9 Å². The summed E-state index contributed by atoms with van der Waals surface area (Å²) in [5.41, 5.74) is 2.14. The molecule has 1 aromatic carbocycles. The number of halogens is 1. The van der Waals surface area contributed by atoms with Gasteiger partial charge in [0, 0.05) is 37.9 Å². The summed E-state index contributed by atoms with van der Waals surface area (Å²) in [4.78, 5) is 13.7. The van der Waals surface area contributed by atoms with Crippen LogP contribution >= 0.6 is 0 Å². The van der Waals surface area contributed by atoms with E-state index in [2.05, 4.69) is 0 Å². The Bertz CT molecular complexity index is 449. The lowest BCUT2D eigenvalue weighted by Gasteiger charge is -2.05. The van der Waals surface area contributed by atoms with Crippen LogP contribution in [0.25, 0.3) is 0 Å². The number of nitrogens with zero attached hydrogens (tertiary/aromatic N) is 1. The zero-order valence-electron chi connectivity index (χ0n) is 8.75. The van der Waals surface area contributed by atoms with Gasteiger partial charge in [0.1, 0.15) is 5.82 Å². The van der Waals surface area contributed by atoms with E-state index in [-0.39, 0.29) is 11.6 Å². The SMILES string of the molecule is CN(C)/C=C1/Cc2cc(F)ccc2C1=O. The molecule has 0 aromatic heterocycles. The van der Waals surface area contributed by atoms with E-state index in [9.17, 15) is 9.18 Å². The van der Waals surface area contributed by atoms with E-state index in [0.29, 0.717) is 12.0 Å². The van der Waals surface area contributed by atoms with E-state index in [1.54, 1.807) is 12.3 Å². The molecule has 2 rings (SSSR count). The van der Waals surface area contributed by atoms with Gasteiger partial charge < -0.3 is 4.90 Å². The standard InChI is InChI=1S/C12H12FNO/c1-14(2)7-9-5-8-6-10(13)3-4-11(8)12(9)15/h3-4,6-7H,5H2,1-2H3/b9-7-. The number of allylic oxidation sites excluding steroid dienone is 1. The lowest BCUT2D eigenvalue weighted by molar-refractivity contribution is 0.103. The number of fused-ring (bicyclic) bond motifs is 1. The lowest BCUT2D eigenvalue weighted by Crippen LogP contribution is -2.06. The van der Waals surface area contributed by atoms with Gasteiger partial charge in [-0.1, -0.05) is 0 Å². The number of rotatable bonds is 1. The number of hydrogen-bond donors (Lipinski definition) is 0. The summed E-state index contributed by atoms with van der Waals surface area (Å²) in [6, 6.07) is 4.32. The van der Waals surface area contributed by atoms with E-state index in [1.807, 2.05) is 19.0 Å². The molecule has 2 nitrogen and oxygen atoms in total. The lowest BCUT2D eigenvalue weighted by atomic mass is 10.1.